The summed E-state index contributed by atoms with van der Waals surface area (Å²) < 4.78 is 0. The minimum absolute atomic E-state index is 0. The number of aromatic nitrogens is 1. The standard InChI is InChI=1S/C11H14ClN3O.2ClH/c12-10-6-14-4-3-9(10)11(16)15-5-1-2-8(13)7-15;;/h3-4,6,8H,1-2,5,7,13H2;2*1H. The van der Waals surface area contributed by atoms with Gasteiger partial charge in [0.15, 0.2) is 0 Å². The van der Waals surface area contributed by atoms with Gasteiger partial charge in [0.25, 0.3) is 5.91 Å². The molecule has 1 aliphatic rings. The smallest absolute Gasteiger partial charge is 0.255 e. The molecule has 1 amide bonds. The molecule has 2 rings (SSSR count). The molecule has 18 heavy (non-hydrogen) atoms. The van der Waals surface area contributed by atoms with Gasteiger partial charge in [-0.15, -0.1) is 24.8 Å². The number of halogens is 3. The molecule has 0 aliphatic carbocycles. The second kappa shape index (κ2) is 7.79. The Morgan fingerprint density at radius 3 is 2.83 bits per heavy atom. The Labute approximate surface area is 124 Å². The Bertz CT molecular complexity index is 403. The summed E-state index contributed by atoms with van der Waals surface area (Å²) >= 11 is 5.93. The summed E-state index contributed by atoms with van der Waals surface area (Å²) in [7, 11) is 0. The predicted octanol–water partition coefficient (Wildman–Crippen LogP) is 2.14. The molecule has 102 valence electrons. The zero-order valence-corrected chi connectivity index (χ0v) is 12.1. The number of carbonyl (C=O) groups excluding carboxylic acids is 1. The quantitative estimate of drug-likeness (QED) is 0.864. The minimum Gasteiger partial charge on any atom is -0.337 e. The lowest BCUT2D eigenvalue weighted by atomic mass is 10.1. The predicted molar refractivity (Wildman–Crippen MR) is 76.9 cm³/mol. The second-order valence-electron chi connectivity index (χ2n) is 4.01. The van der Waals surface area contributed by atoms with Crippen LogP contribution in [0.25, 0.3) is 0 Å². The van der Waals surface area contributed by atoms with Crippen molar-refractivity contribution in [3.63, 3.8) is 0 Å². The molecule has 1 atom stereocenters. The summed E-state index contributed by atoms with van der Waals surface area (Å²) in [4.78, 5) is 17.7. The molecule has 1 aliphatic heterocycles. The first-order chi connectivity index (χ1) is 7.68. The van der Waals surface area contributed by atoms with Gasteiger partial charge in [-0.1, -0.05) is 11.6 Å². The fourth-order valence-electron chi connectivity index (χ4n) is 1.91. The summed E-state index contributed by atoms with van der Waals surface area (Å²) in [6.07, 6.45) is 4.99. The number of likely N-dealkylation sites (tertiary alicyclic amines) is 1. The average Bonchev–Trinajstić information content (AvgIpc) is 2.29. The summed E-state index contributed by atoms with van der Waals surface area (Å²) in [5.74, 6) is -0.0532. The van der Waals surface area contributed by atoms with Gasteiger partial charge in [0.1, 0.15) is 0 Å². The summed E-state index contributed by atoms with van der Waals surface area (Å²) in [5, 5.41) is 0.395. The molecule has 7 heteroatoms. The molecule has 0 bridgehead atoms. The first-order valence-electron chi connectivity index (χ1n) is 5.33. The molecule has 0 saturated carbocycles. The molecule has 0 aromatic carbocycles. The van der Waals surface area contributed by atoms with E-state index in [1.807, 2.05) is 0 Å². The van der Waals surface area contributed by atoms with Gasteiger partial charge >= 0.3 is 0 Å². The highest BCUT2D eigenvalue weighted by atomic mass is 35.5. The average molecular weight is 313 g/mol. The molecule has 2 heterocycles. The van der Waals surface area contributed by atoms with Crippen LogP contribution in [0.15, 0.2) is 18.5 Å². The van der Waals surface area contributed by atoms with E-state index < -0.39 is 0 Å². The maximum Gasteiger partial charge on any atom is 0.255 e. The molecular weight excluding hydrogens is 296 g/mol. The van der Waals surface area contributed by atoms with Gasteiger partial charge in [-0.3, -0.25) is 9.78 Å². The van der Waals surface area contributed by atoms with Crippen LogP contribution in [0.3, 0.4) is 0 Å². The largest absolute Gasteiger partial charge is 0.337 e. The highest BCUT2D eigenvalue weighted by Gasteiger charge is 2.23. The Morgan fingerprint density at radius 2 is 2.22 bits per heavy atom. The van der Waals surface area contributed by atoms with Crippen molar-refractivity contribution in [2.24, 2.45) is 5.73 Å². The van der Waals surface area contributed by atoms with Crippen molar-refractivity contribution >= 4 is 42.3 Å². The van der Waals surface area contributed by atoms with E-state index in [9.17, 15) is 4.79 Å². The number of nitrogens with two attached hydrogens (primary N) is 1. The topological polar surface area (TPSA) is 59.2 Å². The third-order valence-corrected chi connectivity index (χ3v) is 3.05. The van der Waals surface area contributed by atoms with E-state index in [0.29, 0.717) is 17.1 Å². The molecule has 4 nitrogen and oxygen atoms in total. The monoisotopic (exact) mass is 311 g/mol. The van der Waals surface area contributed by atoms with E-state index in [1.165, 1.54) is 6.20 Å². The van der Waals surface area contributed by atoms with E-state index in [1.54, 1.807) is 17.2 Å². The van der Waals surface area contributed by atoms with Crippen molar-refractivity contribution < 1.29 is 4.79 Å². The van der Waals surface area contributed by atoms with Crippen molar-refractivity contribution in [3.8, 4) is 0 Å². The van der Waals surface area contributed by atoms with E-state index >= 15 is 0 Å². The number of pyridine rings is 1. The van der Waals surface area contributed by atoms with Gasteiger partial charge in [-0.05, 0) is 18.9 Å². The number of carbonyl (C=O) groups is 1. The normalized spacial score (nSPS) is 18.6. The van der Waals surface area contributed by atoms with Crippen LogP contribution in [0.2, 0.25) is 5.02 Å². The highest BCUT2D eigenvalue weighted by molar-refractivity contribution is 6.33. The van der Waals surface area contributed by atoms with Gasteiger partial charge in [-0.25, -0.2) is 0 Å². The summed E-state index contributed by atoms with van der Waals surface area (Å²) in [5.41, 5.74) is 6.35. The molecule has 1 unspecified atom stereocenters. The fraction of sp³-hybridized carbons (Fsp3) is 0.455. The van der Waals surface area contributed by atoms with Crippen molar-refractivity contribution in [3.05, 3.63) is 29.0 Å². The lowest BCUT2D eigenvalue weighted by Crippen LogP contribution is -2.45. The maximum atomic E-state index is 12.1. The number of nitrogens with zero attached hydrogens (tertiary/aromatic N) is 2. The number of rotatable bonds is 1. The van der Waals surface area contributed by atoms with Crippen LogP contribution in [-0.4, -0.2) is 34.9 Å². The lowest BCUT2D eigenvalue weighted by Gasteiger charge is -2.30. The maximum absolute atomic E-state index is 12.1. The van der Waals surface area contributed by atoms with Gasteiger partial charge < -0.3 is 10.6 Å². The van der Waals surface area contributed by atoms with Crippen molar-refractivity contribution in [1.82, 2.24) is 9.88 Å². The van der Waals surface area contributed by atoms with Gasteiger partial charge in [0.05, 0.1) is 10.6 Å². The number of piperidine rings is 1. The fourth-order valence-corrected chi connectivity index (χ4v) is 2.11. The third-order valence-electron chi connectivity index (χ3n) is 2.75. The van der Waals surface area contributed by atoms with Gasteiger partial charge in [0.2, 0.25) is 0 Å². The molecule has 1 aromatic heterocycles. The lowest BCUT2D eigenvalue weighted by molar-refractivity contribution is 0.0709. The van der Waals surface area contributed by atoms with Gasteiger partial charge in [0, 0.05) is 31.5 Å². The van der Waals surface area contributed by atoms with Crippen LogP contribution in [-0.2, 0) is 0 Å². The Balaban J connectivity index is 0.00000144. The summed E-state index contributed by atoms with van der Waals surface area (Å²) in [6.45, 7) is 1.36. The van der Waals surface area contributed by atoms with Crippen LogP contribution in [0.1, 0.15) is 23.2 Å². The molecule has 0 radical (unpaired) electrons. The van der Waals surface area contributed by atoms with E-state index in [-0.39, 0.29) is 36.8 Å². The van der Waals surface area contributed by atoms with E-state index in [4.69, 9.17) is 17.3 Å². The van der Waals surface area contributed by atoms with E-state index in [2.05, 4.69) is 4.98 Å². The molecule has 1 fully saturated rings. The number of hydrogen-bond donors (Lipinski definition) is 1. The number of amides is 1. The Morgan fingerprint density at radius 1 is 1.50 bits per heavy atom. The molecule has 2 N–H and O–H groups in total. The molecule has 0 spiro atoms. The van der Waals surface area contributed by atoms with Crippen LogP contribution in [0.4, 0.5) is 0 Å². The zero-order valence-electron chi connectivity index (χ0n) is 9.71. The molecule has 1 saturated heterocycles. The van der Waals surface area contributed by atoms with Crippen molar-refractivity contribution in [2.75, 3.05) is 13.1 Å². The van der Waals surface area contributed by atoms with Crippen LogP contribution in [0.5, 0.6) is 0 Å². The van der Waals surface area contributed by atoms with Crippen molar-refractivity contribution in [1.29, 1.82) is 0 Å². The van der Waals surface area contributed by atoms with Crippen LogP contribution >= 0.6 is 36.4 Å². The molecule has 1 aromatic rings. The van der Waals surface area contributed by atoms with Crippen LogP contribution in [0, 0.1) is 0 Å². The van der Waals surface area contributed by atoms with E-state index in [0.717, 1.165) is 19.4 Å². The Kier molecular flexibility index (Phi) is 7.55. The van der Waals surface area contributed by atoms with Gasteiger partial charge in [-0.2, -0.15) is 0 Å². The second-order valence-corrected chi connectivity index (χ2v) is 4.42. The van der Waals surface area contributed by atoms with Crippen molar-refractivity contribution in [2.45, 2.75) is 18.9 Å². The minimum atomic E-state index is -0.0532. The molecular formula is C11H16Cl3N3O. The first-order valence-corrected chi connectivity index (χ1v) is 5.70. The highest BCUT2D eigenvalue weighted by Crippen LogP contribution is 2.18. The first kappa shape index (κ1) is 17.4. The third kappa shape index (κ3) is 3.99. The number of hydrogen-bond acceptors (Lipinski definition) is 3. The van der Waals surface area contributed by atoms with Crippen LogP contribution < -0.4 is 5.73 Å². The summed E-state index contributed by atoms with van der Waals surface area (Å²) in [6, 6.07) is 1.73. The Hall–Kier alpha value is -0.550. The zero-order chi connectivity index (χ0) is 11.5. The SMILES string of the molecule is Cl.Cl.NC1CCCN(C(=O)c2ccncc2Cl)C1.